The molecule has 0 aromatic carbocycles. The Morgan fingerprint density at radius 2 is 2.00 bits per heavy atom. The van der Waals surface area contributed by atoms with Crippen LogP contribution in [0.2, 0.25) is 0 Å². The Hall–Kier alpha value is -1.80. The fourth-order valence-electron chi connectivity index (χ4n) is 5.52. The summed E-state index contributed by atoms with van der Waals surface area (Å²) in [5.74, 6) is -1.26. The van der Waals surface area contributed by atoms with Gasteiger partial charge in [-0.1, -0.05) is 64.6 Å². The number of unbranched alkanes of at least 4 members (excludes halogenated alkanes) is 1. The quantitative estimate of drug-likeness (QED) is 0.445. The molecule has 0 bridgehead atoms. The van der Waals surface area contributed by atoms with Crippen molar-refractivity contribution in [2.24, 2.45) is 17.3 Å². The number of nitrogens with one attached hydrogen (secondary N) is 1. The first-order valence-corrected chi connectivity index (χ1v) is 14.4. The maximum absolute atomic E-state index is 13.7. The number of fused-ring (bicyclic) bond motifs is 1. The zero-order chi connectivity index (χ0) is 28.1. The van der Waals surface area contributed by atoms with Gasteiger partial charge < -0.3 is 20.3 Å². The summed E-state index contributed by atoms with van der Waals surface area (Å²) in [4.78, 5) is 31.2. The van der Waals surface area contributed by atoms with Crippen molar-refractivity contribution in [3.63, 3.8) is 0 Å². The van der Waals surface area contributed by atoms with Gasteiger partial charge in [-0.3, -0.25) is 14.6 Å². The lowest BCUT2D eigenvalue weighted by Gasteiger charge is -2.36. The lowest BCUT2D eigenvalue weighted by molar-refractivity contribution is -0.144. The number of rotatable bonds is 5. The number of epoxide rings is 1. The maximum Gasteiger partial charge on any atom is 0.223 e. The molecule has 2 aliphatic heterocycles. The number of hydrogen-bond acceptors (Lipinski definition) is 6. The second-order valence-corrected chi connectivity index (χ2v) is 12.4. The summed E-state index contributed by atoms with van der Waals surface area (Å²) >= 11 is 6.71. The van der Waals surface area contributed by atoms with E-state index in [0.29, 0.717) is 23.6 Å². The second kappa shape index (κ2) is 13.0. The summed E-state index contributed by atoms with van der Waals surface area (Å²) in [6.07, 6.45) is 6.26. The van der Waals surface area contributed by atoms with Crippen LogP contribution >= 0.6 is 11.6 Å². The number of aromatic nitrogens is 1. The van der Waals surface area contributed by atoms with E-state index in [1.54, 1.807) is 26.1 Å². The predicted octanol–water partition coefficient (Wildman–Crippen LogP) is 5.03. The minimum Gasteiger partial charge on any atom is -0.392 e. The van der Waals surface area contributed by atoms with Crippen LogP contribution in [-0.4, -0.2) is 56.8 Å². The molecular formula is C30H45ClN2O5. The molecule has 2 saturated heterocycles. The van der Waals surface area contributed by atoms with Crippen molar-refractivity contribution in [3.05, 3.63) is 35.1 Å². The van der Waals surface area contributed by atoms with Gasteiger partial charge in [-0.05, 0) is 50.3 Å². The average Bonchev–Trinajstić information content (AvgIpc) is 3.51. The first kappa shape index (κ1) is 30.7. The molecule has 38 heavy (non-hydrogen) atoms. The summed E-state index contributed by atoms with van der Waals surface area (Å²) < 4.78 is 6.08. The number of carbonyl (C=O) groups is 2. The summed E-state index contributed by atoms with van der Waals surface area (Å²) in [7, 11) is 0. The molecule has 7 atom stereocenters. The summed E-state index contributed by atoms with van der Waals surface area (Å²) in [5.41, 5.74) is -0.851. The van der Waals surface area contributed by atoms with E-state index in [4.69, 9.17) is 16.3 Å². The van der Waals surface area contributed by atoms with E-state index in [0.717, 1.165) is 32.1 Å². The molecule has 0 spiro atoms. The van der Waals surface area contributed by atoms with Crippen LogP contribution in [0.15, 0.2) is 29.4 Å². The molecule has 2 aliphatic rings. The van der Waals surface area contributed by atoms with Gasteiger partial charge in [-0.25, -0.2) is 0 Å². The number of Topliss-reactive ketones (excluding diaryl/α,β-unsaturated/α-hetero) is 1. The first-order chi connectivity index (χ1) is 17.9. The Morgan fingerprint density at radius 1 is 1.26 bits per heavy atom. The number of ketones is 1. The van der Waals surface area contributed by atoms with E-state index in [2.05, 4.69) is 24.1 Å². The molecular weight excluding hydrogens is 504 g/mol. The standard InChI is InChI=1S/C30H45ClN2O5/c1-6-7-13-21-27(36)19(2)11-10-14-30(5)25(38-30)17-23(22(31)16-20-12-8-9-15-32-20)33-26(35)18-24(34)29(3,4)28(21)37/h8-9,12,15-16,19,21,23-25,27,34,36H,6-7,10-11,13-14,17-18H2,1-5H3,(H,33,35)/b22-16-/t19-,21+,23-,24-,25-,27-,30+/m0/s1. The molecule has 0 saturated carbocycles. The molecule has 1 aromatic rings. The number of carbonyl (C=O) groups excluding carboxylic acids is 2. The number of pyridine rings is 1. The van der Waals surface area contributed by atoms with E-state index < -0.39 is 35.5 Å². The Balaban J connectivity index is 1.88. The Bertz CT molecular complexity index is 984. The Kier molecular flexibility index (Phi) is 10.5. The number of amides is 1. The normalized spacial score (nSPS) is 35.3. The second-order valence-electron chi connectivity index (χ2n) is 12.0. The predicted molar refractivity (Wildman–Crippen MR) is 149 cm³/mol. The molecule has 3 rings (SSSR count). The van der Waals surface area contributed by atoms with Gasteiger partial charge in [0.25, 0.3) is 0 Å². The molecule has 3 N–H and O–H groups in total. The van der Waals surface area contributed by atoms with E-state index in [1.165, 1.54) is 0 Å². The highest BCUT2D eigenvalue weighted by Crippen LogP contribution is 2.45. The number of hydrogen-bond donors (Lipinski definition) is 3. The minimum absolute atomic E-state index is 0.0748. The molecule has 2 fully saturated rings. The minimum atomic E-state index is -1.21. The third kappa shape index (κ3) is 7.65. The Labute approximate surface area is 232 Å². The number of aliphatic hydroxyl groups is 2. The molecule has 0 radical (unpaired) electrons. The largest absolute Gasteiger partial charge is 0.392 e. The number of aliphatic hydroxyl groups excluding tert-OH is 2. The van der Waals surface area contributed by atoms with Crippen LogP contribution < -0.4 is 5.32 Å². The van der Waals surface area contributed by atoms with E-state index in [-0.39, 0.29) is 29.8 Å². The smallest absolute Gasteiger partial charge is 0.223 e. The molecule has 7 nitrogen and oxygen atoms in total. The highest BCUT2D eigenvalue weighted by atomic mass is 35.5. The molecule has 212 valence electrons. The highest BCUT2D eigenvalue weighted by Gasteiger charge is 2.52. The fraction of sp³-hybridized carbons (Fsp3) is 0.700. The van der Waals surface area contributed by atoms with Crippen molar-refractivity contribution >= 4 is 29.4 Å². The monoisotopic (exact) mass is 548 g/mol. The number of halogens is 1. The van der Waals surface area contributed by atoms with Crippen molar-refractivity contribution in [3.8, 4) is 0 Å². The van der Waals surface area contributed by atoms with Gasteiger partial charge in [0.2, 0.25) is 5.91 Å². The summed E-state index contributed by atoms with van der Waals surface area (Å²) in [6.45, 7) is 9.44. The van der Waals surface area contributed by atoms with Crippen LogP contribution in [0.5, 0.6) is 0 Å². The topological polar surface area (TPSA) is 112 Å². The maximum atomic E-state index is 13.7. The summed E-state index contributed by atoms with van der Waals surface area (Å²) in [5, 5.41) is 25.7. The van der Waals surface area contributed by atoms with Crippen LogP contribution in [0.25, 0.3) is 6.08 Å². The zero-order valence-corrected chi connectivity index (χ0v) is 24.2. The van der Waals surface area contributed by atoms with Gasteiger partial charge in [0.05, 0.1) is 47.5 Å². The zero-order valence-electron chi connectivity index (χ0n) is 23.5. The van der Waals surface area contributed by atoms with Crippen LogP contribution in [0.4, 0.5) is 0 Å². The number of nitrogens with zero attached hydrogens (tertiary/aromatic N) is 1. The molecule has 1 amide bonds. The lowest BCUT2D eigenvalue weighted by atomic mass is 9.70. The van der Waals surface area contributed by atoms with Crippen molar-refractivity contribution in [2.75, 3.05) is 0 Å². The third-order valence-corrected chi connectivity index (χ3v) is 8.88. The van der Waals surface area contributed by atoms with Gasteiger partial charge in [0.1, 0.15) is 5.78 Å². The van der Waals surface area contributed by atoms with Gasteiger partial charge in [0, 0.05) is 23.6 Å². The van der Waals surface area contributed by atoms with Gasteiger partial charge in [-0.2, -0.15) is 0 Å². The molecule has 0 aliphatic carbocycles. The highest BCUT2D eigenvalue weighted by molar-refractivity contribution is 6.32. The number of ether oxygens (including phenoxy) is 1. The van der Waals surface area contributed by atoms with Crippen molar-refractivity contribution in [2.45, 2.75) is 116 Å². The molecule has 0 unspecified atom stereocenters. The SMILES string of the molecule is CCCC[C@H]1C(=O)C(C)(C)[C@@H](O)CC(=O)N[C@H](/C(Cl)=C/c2ccccn2)C[C@@H]2O[C@]2(C)CCC[C@H](C)[C@@H]1O. The van der Waals surface area contributed by atoms with Gasteiger partial charge in [0.15, 0.2) is 0 Å². The van der Waals surface area contributed by atoms with Crippen LogP contribution in [0, 0.1) is 17.3 Å². The van der Waals surface area contributed by atoms with Gasteiger partial charge in [-0.15, -0.1) is 0 Å². The average molecular weight is 549 g/mol. The fourth-order valence-corrected chi connectivity index (χ4v) is 5.77. The lowest BCUT2D eigenvalue weighted by Crippen LogP contribution is -2.48. The van der Waals surface area contributed by atoms with Crippen molar-refractivity contribution < 1.29 is 24.5 Å². The van der Waals surface area contributed by atoms with E-state index >= 15 is 0 Å². The third-order valence-electron chi connectivity index (χ3n) is 8.51. The van der Waals surface area contributed by atoms with Crippen molar-refractivity contribution in [1.29, 1.82) is 0 Å². The molecule has 8 heteroatoms. The Morgan fingerprint density at radius 3 is 2.66 bits per heavy atom. The van der Waals surface area contributed by atoms with Gasteiger partial charge >= 0.3 is 0 Å². The van der Waals surface area contributed by atoms with E-state index in [1.807, 2.05) is 25.1 Å². The summed E-state index contributed by atoms with van der Waals surface area (Å²) in [6, 6.07) is 5.00. The molecule has 1 aromatic heterocycles. The van der Waals surface area contributed by atoms with Crippen LogP contribution in [0.3, 0.4) is 0 Å². The van der Waals surface area contributed by atoms with E-state index in [9.17, 15) is 19.8 Å². The van der Waals surface area contributed by atoms with Crippen LogP contribution in [0.1, 0.15) is 91.7 Å². The first-order valence-electron chi connectivity index (χ1n) is 14.0. The van der Waals surface area contributed by atoms with Crippen molar-refractivity contribution in [1.82, 2.24) is 10.3 Å². The van der Waals surface area contributed by atoms with Crippen LogP contribution in [-0.2, 0) is 14.3 Å². The molecule has 3 heterocycles.